The number of carbonyl (C=O) groups is 4. The van der Waals surface area contributed by atoms with Gasteiger partial charge in [-0.1, -0.05) is 25.5 Å². The van der Waals surface area contributed by atoms with Crippen molar-refractivity contribution >= 4 is 29.6 Å². The normalized spacial score (nSPS) is 17.4. The molecule has 3 rings (SSSR count). The molecule has 1 aromatic carbocycles. The Morgan fingerprint density at radius 3 is 2.38 bits per heavy atom. The van der Waals surface area contributed by atoms with E-state index in [4.69, 9.17) is 4.74 Å². The third kappa shape index (κ3) is 7.11. The number of ether oxygens (including phenoxy) is 1. The Morgan fingerprint density at radius 2 is 1.81 bits per heavy atom. The van der Waals surface area contributed by atoms with Gasteiger partial charge in [-0.3, -0.25) is 19.2 Å². The second-order valence-electron chi connectivity index (χ2n) is 9.35. The number of nitrogens with zero attached hydrogens (tertiary/aromatic N) is 1. The molecule has 1 atom stereocenters. The van der Waals surface area contributed by atoms with Crippen LogP contribution in [0.5, 0.6) is 5.75 Å². The van der Waals surface area contributed by atoms with Crippen molar-refractivity contribution in [2.24, 2.45) is 11.8 Å². The van der Waals surface area contributed by atoms with Crippen LogP contribution >= 0.6 is 0 Å². The fourth-order valence-electron chi connectivity index (χ4n) is 4.35. The Labute approximate surface area is 214 Å². The molecule has 1 saturated carbocycles. The largest absolute Gasteiger partial charge is 0.482 e. The Hall–Kier alpha value is -3.37. The SMILES string of the molecule is CC/C=C/c1c(F)cc(F)c(F)c1OCC(=O)[C@H](CC(=O)O)NC(=O)C1CCN(C(=O)C2CCC2)CC1.[HH]. The maximum Gasteiger partial charge on any atom is 0.305 e. The molecule has 0 unspecified atom stereocenters. The van der Waals surface area contributed by atoms with Crippen LogP contribution in [0.4, 0.5) is 13.2 Å². The van der Waals surface area contributed by atoms with Crippen LogP contribution in [0.25, 0.3) is 6.08 Å². The van der Waals surface area contributed by atoms with Crippen LogP contribution in [0.2, 0.25) is 0 Å². The van der Waals surface area contributed by atoms with E-state index in [0.29, 0.717) is 38.4 Å². The van der Waals surface area contributed by atoms with E-state index < -0.39 is 71.4 Å². The van der Waals surface area contributed by atoms with Crippen LogP contribution in [0.1, 0.15) is 58.9 Å². The van der Waals surface area contributed by atoms with Gasteiger partial charge in [-0.05, 0) is 32.1 Å². The predicted molar refractivity (Wildman–Crippen MR) is 129 cm³/mol. The minimum absolute atomic E-state index is 0. The number of piperidine rings is 1. The first-order valence-electron chi connectivity index (χ1n) is 12.4. The third-order valence-electron chi connectivity index (χ3n) is 6.76. The first-order valence-corrected chi connectivity index (χ1v) is 12.4. The van der Waals surface area contributed by atoms with Crippen LogP contribution in [0.15, 0.2) is 12.1 Å². The van der Waals surface area contributed by atoms with Gasteiger partial charge in [0.1, 0.15) is 18.5 Å². The molecular formula is C26H33F3N2O6. The fourth-order valence-corrected chi connectivity index (χ4v) is 4.35. The Kier molecular flexibility index (Phi) is 9.71. The zero-order valence-electron chi connectivity index (χ0n) is 20.6. The van der Waals surface area contributed by atoms with E-state index in [1.54, 1.807) is 11.8 Å². The van der Waals surface area contributed by atoms with Gasteiger partial charge >= 0.3 is 5.97 Å². The maximum absolute atomic E-state index is 14.3. The van der Waals surface area contributed by atoms with Crippen molar-refractivity contribution in [2.75, 3.05) is 19.7 Å². The highest BCUT2D eigenvalue weighted by molar-refractivity contribution is 5.93. The van der Waals surface area contributed by atoms with Crippen LogP contribution in [-0.2, 0) is 19.2 Å². The predicted octanol–water partition coefficient (Wildman–Crippen LogP) is 3.72. The maximum atomic E-state index is 14.3. The van der Waals surface area contributed by atoms with Crippen LogP contribution in [0.3, 0.4) is 0 Å². The van der Waals surface area contributed by atoms with Crippen LogP contribution in [0, 0.1) is 29.3 Å². The van der Waals surface area contributed by atoms with E-state index in [9.17, 15) is 37.5 Å². The average Bonchev–Trinajstić information content (AvgIpc) is 2.82. The topological polar surface area (TPSA) is 113 Å². The number of Topliss-reactive ketones (excluding diaryl/α,β-unsaturated/α-hetero) is 1. The number of hydrogen-bond acceptors (Lipinski definition) is 5. The van der Waals surface area contributed by atoms with Gasteiger partial charge in [-0.2, -0.15) is 4.39 Å². The minimum atomic E-state index is -1.51. The molecule has 204 valence electrons. The van der Waals surface area contributed by atoms with Crippen molar-refractivity contribution in [2.45, 2.75) is 57.9 Å². The molecule has 2 amide bonds. The summed E-state index contributed by atoms with van der Waals surface area (Å²) in [5.74, 6) is -8.09. The Balaban J connectivity index is 0.00000507. The standard InChI is InChI=1S/C26H31F3N2O6.H2/c1-2-3-7-17-18(27)12-19(28)23(29)24(17)37-14-21(32)20(13-22(33)34)30-25(35)15-8-10-31(11-9-15)26(36)16-5-4-6-16;/h3,7,12,15-16,20H,2,4-6,8-11,13-14H2,1H3,(H,30,35)(H,33,34);1H/b7-3+;/t20-;/m0./s1. The smallest absolute Gasteiger partial charge is 0.305 e. The molecular weight excluding hydrogens is 493 g/mol. The molecule has 1 saturated heterocycles. The van der Waals surface area contributed by atoms with E-state index in [1.165, 1.54) is 12.2 Å². The molecule has 2 N–H and O–H groups in total. The third-order valence-corrected chi connectivity index (χ3v) is 6.76. The molecule has 2 aliphatic rings. The molecule has 8 nitrogen and oxygen atoms in total. The molecule has 0 bridgehead atoms. The van der Waals surface area contributed by atoms with Gasteiger partial charge in [0, 0.05) is 32.4 Å². The van der Waals surface area contributed by atoms with Crippen molar-refractivity contribution in [3.05, 3.63) is 35.2 Å². The highest BCUT2D eigenvalue weighted by atomic mass is 19.2. The molecule has 0 aromatic heterocycles. The van der Waals surface area contributed by atoms with E-state index in [2.05, 4.69) is 5.32 Å². The lowest BCUT2D eigenvalue weighted by atomic mass is 9.83. The highest BCUT2D eigenvalue weighted by Crippen LogP contribution is 2.31. The number of allylic oxidation sites excluding steroid dienone is 1. The van der Waals surface area contributed by atoms with Gasteiger partial charge < -0.3 is 20.1 Å². The van der Waals surface area contributed by atoms with Crippen LogP contribution in [-0.4, -0.2) is 59.3 Å². The molecule has 1 aromatic rings. The minimum Gasteiger partial charge on any atom is -0.482 e. The number of nitrogens with one attached hydrogen (secondary N) is 1. The number of aliphatic carboxylic acids is 1. The average molecular weight is 527 g/mol. The zero-order chi connectivity index (χ0) is 27.1. The summed E-state index contributed by atoms with van der Waals surface area (Å²) in [5.41, 5.74) is -0.393. The van der Waals surface area contributed by atoms with Gasteiger partial charge in [0.05, 0.1) is 12.0 Å². The Bertz CT molecular complexity index is 1070. The number of hydrogen-bond donors (Lipinski definition) is 2. The summed E-state index contributed by atoms with van der Waals surface area (Å²) in [6, 6.07) is -1.13. The number of carboxylic acid groups (broad SMARTS) is 1. The summed E-state index contributed by atoms with van der Waals surface area (Å²) in [6.07, 6.45) is 5.93. The summed E-state index contributed by atoms with van der Waals surface area (Å²) >= 11 is 0. The van der Waals surface area contributed by atoms with Crippen molar-refractivity contribution < 1.29 is 43.6 Å². The first kappa shape index (κ1) is 28.2. The summed E-state index contributed by atoms with van der Waals surface area (Å²) in [7, 11) is 0. The van der Waals surface area contributed by atoms with E-state index >= 15 is 0 Å². The monoisotopic (exact) mass is 526 g/mol. The lowest BCUT2D eigenvalue weighted by Gasteiger charge is -2.36. The quantitative estimate of drug-likeness (QED) is 0.425. The van der Waals surface area contributed by atoms with Crippen molar-refractivity contribution in [1.82, 2.24) is 10.2 Å². The number of ketones is 1. The van der Waals surface area contributed by atoms with Gasteiger partial charge in [-0.15, -0.1) is 0 Å². The highest BCUT2D eigenvalue weighted by Gasteiger charge is 2.34. The summed E-state index contributed by atoms with van der Waals surface area (Å²) in [4.78, 5) is 51.0. The van der Waals surface area contributed by atoms with Crippen molar-refractivity contribution in [1.29, 1.82) is 0 Å². The number of amides is 2. The number of benzene rings is 1. The van der Waals surface area contributed by atoms with Gasteiger partial charge in [0.25, 0.3) is 0 Å². The van der Waals surface area contributed by atoms with Gasteiger partial charge in [0.15, 0.2) is 17.3 Å². The second-order valence-corrected chi connectivity index (χ2v) is 9.35. The second kappa shape index (κ2) is 12.7. The molecule has 1 aliphatic carbocycles. The van der Waals surface area contributed by atoms with Gasteiger partial charge in [-0.25, -0.2) is 8.78 Å². The molecule has 0 spiro atoms. The number of rotatable bonds is 11. The van der Waals surface area contributed by atoms with Crippen molar-refractivity contribution in [3.63, 3.8) is 0 Å². The lowest BCUT2D eigenvalue weighted by molar-refractivity contribution is -0.143. The van der Waals surface area contributed by atoms with Crippen molar-refractivity contribution in [3.8, 4) is 5.75 Å². The number of carboxylic acids is 1. The number of halogens is 3. The Morgan fingerprint density at radius 1 is 1.14 bits per heavy atom. The summed E-state index contributed by atoms with van der Waals surface area (Å²) in [6.45, 7) is 1.62. The summed E-state index contributed by atoms with van der Waals surface area (Å²) in [5, 5.41) is 11.6. The molecule has 37 heavy (non-hydrogen) atoms. The van der Waals surface area contributed by atoms with E-state index in [-0.39, 0.29) is 13.3 Å². The first-order chi connectivity index (χ1) is 17.6. The van der Waals surface area contributed by atoms with E-state index in [1.807, 2.05) is 0 Å². The van der Waals surface area contributed by atoms with E-state index in [0.717, 1.165) is 19.3 Å². The summed E-state index contributed by atoms with van der Waals surface area (Å²) < 4.78 is 47.4. The number of carbonyl (C=O) groups excluding carboxylic acids is 3. The lowest BCUT2D eigenvalue weighted by Crippen LogP contribution is -2.50. The molecule has 2 fully saturated rings. The molecule has 1 aliphatic heterocycles. The van der Waals surface area contributed by atoms with Crippen LogP contribution < -0.4 is 10.1 Å². The number of likely N-dealkylation sites (tertiary alicyclic amines) is 1. The van der Waals surface area contributed by atoms with Gasteiger partial charge in [0.2, 0.25) is 17.6 Å². The fraction of sp³-hybridized carbons (Fsp3) is 0.538. The molecule has 11 heteroatoms. The zero-order valence-corrected chi connectivity index (χ0v) is 20.6. The molecule has 1 heterocycles. The molecule has 0 radical (unpaired) electrons.